The number of hydrogen-bond donors (Lipinski definition) is 1. The lowest BCUT2D eigenvalue weighted by atomic mass is 9.50. The topological polar surface area (TPSA) is 37.3 Å². The molecular weight excluding hydrogens is 353 g/mol. The van der Waals surface area contributed by atoms with Crippen LogP contribution in [0.1, 0.15) is 58.3 Å². The van der Waals surface area contributed by atoms with E-state index >= 15 is 0 Å². The molecule has 0 aliphatic heterocycles. The van der Waals surface area contributed by atoms with E-state index in [1.54, 1.807) is 6.92 Å². The number of alkyl halides is 3. The summed E-state index contributed by atoms with van der Waals surface area (Å²) < 4.78 is 40.9. The summed E-state index contributed by atoms with van der Waals surface area (Å²) in [6.45, 7) is 1.65. The number of carbonyl (C=O) groups excluding carboxylic acids is 1. The van der Waals surface area contributed by atoms with Gasteiger partial charge in [0.25, 0.3) is 0 Å². The summed E-state index contributed by atoms with van der Waals surface area (Å²) in [6, 6.07) is 0. The molecular formula is C19H24ClF3O2. The number of ketones is 1. The maximum absolute atomic E-state index is 13.6. The van der Waals surface area contributed by atoms with E-state index in [4.69, 9.17) is 11.6 Å². The Morgan fingerprint density at radius 2 is 1.80 bits per heavy atom. The summed E-state index contributed by atoms with van der Waals surface area (Å²) in [5, 5.41) is 11.0. The summed E-state index contributed by atoms with van der Waals surface area (Å²) in [7, 11) is 0. The molecule has 0 amide bonds. The molecule has 1 N–H and O–H groups in total. The molecule has 0 aromatic rings. The van der Waals surface area contributed by atoms with Gasteiger partial charge in [0.05, 0.1) is 5.03 Å². The van der Waals surface area contributed by atoms with Crippen LogP contribution in [-0.2, 0) is 4.79 Å². The number of allylic oxidation sites excluding steroid dienone is 1. The van der Waals surface area contributed by atoms with Crippen molar-refractivity contribution < 1.29 is 23.1 Å². The van der Waals surface area contributed by atoms with Crippen LogP contribution in [-0.4, -0.2) is 22.7 Å². The molecule has 6 atom stereocenters. The molecule has 3 saturated carbocycles. The van der Waals surface area contributed by atoms with Gasteiger partial charge in [-0.05, 0) is 74.2 Å². The first-order valence-corrected chi connectivity index (χ1v) is 9.69. The summed E-state index contributed by atoms with van der Waals surface area (Å²) in [6.07, 6.45) is -0.527. The van der Waals surface area contributed by atoms with E-state index in [0.29, 0.717) is 43.1 Å². The van der Waals surface area contributed by atoms with Gasteiger partial charge >= 0.3 is 6.18 Å². The number of halogens is 4. The first kappa shape index (κ1) is 17.8. The minimum atomic E-state index is -4.58. The monoisotopic (exact) mass is 376 g/mol. The van der Waals surface area contributed by atoms with Crippen LogP contribution in [0.15, 0.2) is 10.6 Å². The van der Waals surface area contributed by atoms with Gasteiger partial charge in [0.1, 0.15) is 0 Å². The zero-order chi connectivity index (χ0) is 18.2. The fraction of sp³-hybridized carbons (Fsp3) is 0.842. The molecule has 0 radical (unpaired) electrons. The standard InChI is InChI=1S/C19H24ClF3O2/c1-17-8-6-11-10-4-5-15(24)16(20)13(10)3-2-12(11)14(17)7-9-18(17,25)19(21,22)23/h10-12,14,25H,2-9H2,1H3/t10-,11-,12-,14+,17+,18?/m1/s1. The average molecular weight is 377 g/mol. The van der Waals surface area contributed by atoms with Gasteiger partial charge in [0, 0.05) is 11.8 Å². The highest BCUT2D eigenvalue weighted by atomic mass is 35.5. The van der Waals surface area contributed by atoms with Crippen LogP contribution in [0.2, 0.25) is 0 Å². The number of aliphatic hydroxyl groups is 1. The van der Waals surface area contributed by atoms with Crippen molar-refractivity contribution in [1.29, 1.82) is 0 Å². The molecule has 0 heterocycles. The van der Waals surface area contributed by atoms with Crippen molar-refractivity contribution in [3.05, 3.63) is 10.6 Å². The van der Waals surface area contributed by atoms with Gasteiger partial charge in [-0.25, -0.2) is 0 Å². The van der Waals surface area contributed by atoms with E-state index in [2.05, 4.69) is 0 Å². The molecule has 4 aliphatic carbocycles. The minimum absolute atomic E-state index is 0.0133. The predicted octanol–water partition coefficient (Wildman–Crippen LogP) is 4.99. The predicted molar refractivity (Wildman–Crippen MR) is 87.9 cm³/mol. The Labute approximate surface area is 150 Å². The first-order chi connectivity index (χ1) is 11.6. The maximum atomic E-state index is 13.6. The van der Waals surface area contributed by atoms with Crippen LogP contribution in [0.4, 0.5) is 13.2 Å². The molecule has 25 heavy (non-hydrogen) atoms. The Morgan fingerprint density at radius 3 is 2.48 bits per heavy atom. The van der Waals surface area contributed by atoms with Crippen LogP contribution in [0.5, 0.6) is 0 Å². The van der Waals surface area contributed by atoms with Crippen LogP contribution in [0.3, 0.4) is 0 Å². The Hall–Kier alpha value is -0.550. The number of carbonyl (C=O) groups is 1. The van der Waals surface area contributed by atoms with Crippen molar-refractivity contribution in [3.63, 3.8) is 0 Å². The molecule has 0 aromatic heterocycles. The normalized spacial score (nSPS) is 47.4. The number of Topliss-reactive ketones (excluding diaryl/α,β-unsaturated/α-hetero) is 1. The quantitative estimate of drug-likeness (QED) is 0.646. The number of rotatable bonds is 0. The first-order valence-electron chi connectivity index (χ1n) is 9.31. The van der Waals surface area contributed by atoms with Gasteiger partial charge in [-0.2, -0.15) is 13.2 Å². The number of fused-ring (bicyclic) bond motifs is 5. The fourth-order valence-electron chi connectivity index (χ4n) is 6.72. The van der Waals surface area contributed by atoms with Gasteiger partial charge in [-0.3, -0.25) is 4.79 Å². The molecule has 0 saturated heterocycles. The van der Waals surface area contributed by atoms with Crippen molar-refractivity contribution in [2.45, 2.75) is 70.1 Å². The molecule has 0 spiro atoms. The summed E-state index contributed by atoms with van der Waals surface area (Å²) >= 11 is 6.26. The molecule has 2 nitrogen and oxygen atoms in total. The summed E-state index contributed by atoms with van der Waals surface area (Å²) in [5.74, 6) is 0.657. The molecule has 0 bridgehead atoms. The van der Waals surface area contributed by atoms with E-state index in [0.717, 1.165) is 18.4 Å². The lowest BCUT2D eigenvalue weighted by Crippen LogP contribution is -2.59. The zero-order valence-electron chi connectivity index (χ0n) is 14.3. The third-order valence-electron chi connectivity index (χ3n) is 8.03. The average Bonchev–Trinajstić information content (AvgIpc) is 2.83. The molecule has 4 rings (SSSR count). The van der Waals surface area contributed by atoms with Gasteiger partial charge < -0.3 is 5.11 Å². The van der Waals surface area contributed by atoms with E-state index in [1.165, 1.54) is 0 Å². The molecule has 6 heteroatoms. The smallest absolute Gasteiger partial charge is 0.380 e. The zero-order valence-corrected chi connectivity index (χ0v) is 15.1. The van der Waals surface area contributed by atoms with Crippen molar-refractivity contribution in [1.82, 2.24) is 0 Å². The second kappa shape index (κ2) is 5.48. The van der Waals surface area contributed by atoms with Crippen LogP contribution in [0.25, 0.3) is 0 Å². The molecule has 4 aliphatic rings. The second-order valence-corrected chi connectivity index (χ2v) is 9.11. The van der Waals surface area contributed by atoms with Crippen molar-refractivity contribution >= 4 is 17.4 Å². The minimum Gasteiger partial charge on any atom is -0.380 e. The highest BCUT2D eigenvalue weighted by Crippen LogP contribution is 2.67. The SMILES string of the molecule is C[C@]12CC[C@H]3[C@@H](CCC4=C(Cl)C(=O)CC[C@@H]43)[C@@H]1CCC2(O)C(F)(F)F. The van der Waals surface area contributed by atoms with Gasteiger partial charge in [-0.1, -0.05) is 18.5 Å². The number of hydrogen-bond acceptors (Lipinski definition) is 2. The summed E-state index contributed by atoms with van der Waals surface area (Å²) in [5.41, 5.74) is -2.61. The second-order valence-electron chi connectivity index (χ2n) is 8.73. The van der Waals surface area contributed by atoms with Crippen molar-refractivity contribution in [2.24, 2.45) is 29.1 Å². The van der Waals surface area contributed by atoms with Gasteiger partial charge in [-0.15, -0.1) is 0 Å². The Morgan fingerprint density at radius 1 is 1.08 bits per heavy atom. The Bertz CT molecular complexity index is 643. The lowest BCUT2D eigenvalue weighted by Gasteiger charge is -2.55. The third-order valence-corrected chi connectivity index (χ3v) is 8.49. The lowest BCUT2D eigenvalue weighted by molar-refractivity contribution is -0.302. The highest BCUT2D eigenvalue weighted by Gasteiger charge is 2.71. The maximum Gasteiger partial charge on any atom is 0.417 e. The molecule has 3 fully saturated rings. The Kier molecular flexibility index (Phi) is 3.91. The molecule has 0 aromatic carbocycles. The largest absolute Gasteiger partial charge is 0.417 e. The van der Waals surface area contributed by atoms with Crippen LogP contribution in [0, 0.1) is 29.1 Å². The van der Waals surface area contributed by atoms with Crippen molar-refractivity contribution in [2.75, 3.05) is 0 Å². The Balaban J connectivity index is 1.67. The van der Waals surface area contributed by atoms with Crippen molar-refractivity contribution in [3.8, 4) is 0 Å². The highest BCUT2D eigenvalue weighted by molar-refractivity contribution is 6.43. The van der Waals surface area contributed by atoms with Crippen LogP contribution < -0.4 is 0 Å². The molecule has 140 valence electrons. The summed E-state index contributed by atoms with van der Waals surface area (Å²) in [4.78, 5) is 11.9. The van der Waals surface area contributed by atoms with E-state index in [1.807, 2.05) is 0 Å². The van der Waals surface area contributed by atoms with E-state index in [9.17, 15) is 23.1 Å². The molecule has 1 unspecified atom stereocenters. The van der Waals surface area contributed by atoms with Crippen LogP contribution >= 0.6 is 11.6 Å². The van der Waals surface area contributed by atoms with Gasteiger partial charge in [0.15, 0.2) is 11.4 Å². The van der Waals surface area contributed by atoms with E-state index < -0.39 is 17.2 Å². The fourth-order valence-corrected chi connectivity index (χ4v) is 7.04. The van der Waals surface area contributed by atoms with E-state index in [-0.39, 0.29) is 30.0 Å². The van der Waals surface area contributed by atoms with Gasteiger partial charge in [0.2, 0.25) is 0 Å². The third kappa shape index (κ3) is 2.24.